The zero-order valence-corrected chi connectivity index (χ0v) is 14.7. The van der Waals surface area contributed by atoms with Gasteiger partial charge in [-0.3, -0.25) is 14.5 Å². The maximum Gasteiger partial charge on any atom is 0.240 e. The van der Waals surface area contributed by atoms with Crippen molar-refractivity contribution in [1.29, 1.82) is 0 Å². The molecule has 136 valence electrons. The fourth-order valence-corrected chi connectivity index (χ4v) is 2.69. The molecular weight excluding hydrogens is 332 g/mol. The second-order valence-corrected chi connectivity index (χ2v) is 6.06. The fourth-order valence-electron chi connectivity index (χ4n) is 2.69. The van der Waals surface area contributed by atoms with E-state index in [0.717, 1.165) is 11.3 Å². The van der Waals surface area contributed by atoms with Gasteiger partial charge in [0.2, 0.25) is 11.8 Å². The Bertz CT molecular complexity index is 774. The van der Waals surface area contributed by atoms with Crippen molar-refractivity contribution in [3.63, 3.8) is 0 Å². The minimum atomic E-state index is -0.234. The Morgan fingerprint density at radius 2 is 1.96 bits per heavy atom. The zero-order chi connectivity index (χ0) is 18.4. The van der Waals surface area contributed by atoms with Crippen LogP contribution in [-0.4, -0.2) is 38.1 Å². The Morgan fingerprint density at radius 3 is 2.77 bits per heavy atom. The van der Waals surface area contributed by atoms with Crippen molar-refractivity contribution < 1.29 is 19.1 Å². The smallest absolute Gasteiger partial charge is 0.240 e. The lowest BCUT2D eigenvalue weighted by Gasteiger charge is -2.21. The molecule has 0 aliphatic carbocycles. The second kappa shape index (κ2) is 8.38. The third kappa shape index (κ3) is 4.53. The summed E-state index contributed by atoms with van der Waals surface area (Å²) in [4.78, 5) is 26.0. The van der Waals surface area contributed by atoms with Gasteiger partial charge in [-0.2, -0.15) is 0 Å². The van der Waals surface area contributed by atoms with Crippen molar-refractivity contribution in [3.05, 3.63) is 54.1 Å². The number of benzene rings is 2. The summed E-state index contributed by atoms with van der Waals surface area (Å²) in [6.07, 6.45) is 0.249. The molecule has 0 unspecified atom stereocenters. The molecule has 0 saturated heterocycles. The van der Waals surface area contributed by atoms with E-state index in [-0.39, 0.29) is 24.8 Å². The number of nitrogens with zero attached hydrogens (tertiary/aromatic N) is 1. The highest BCUT2D eigenvalue weighted by Gasteiger charge is 2.24. The Labute approximate surface area is 152 Å². The van der Waals surface area contributed by atoms with Gasteiger partial charge in [-0.25, -0.2) is 0 Å². The molecular formula is C20H22N2O4. The maximum absolute atomic E-state index is 12.3. The largest absolute Gasteiger partial charge is 0.492 e. The molecule has 1 heterocycles. The number of fused-ring (bicyclic) bond motifs is 1. The lowest BCUT2D eigenvalue weighted by atomic mass is 10.2. The molecule has 2 aromatic rings. The predicted molar refractivity (Wildman–Crippen MR) is 98.6 cm³/mol. The molecule has 0 bridgehead atoms. The molecule has 2 amide bonds. The molecule has 1 N–H and O–H groups in total. The Morgan fingerprint density at radius 1 is 1.19 bits per heavy atom. The number of nitrogens with one attached hydrogen (secondary N) is 1. The highest BCUT2D eigenvalue weighted by molar-refractivity contribution is 6.00. The van der Waals surface area contributed by atoms with Crippen LogP contribution < -0.4 is 19.7 Å². The molecule has 1 aliphatic rings. The third-order valence-electron chi connectivity index (χ3n) is 4.05. The summed E-state index contributed by atoms with van der Waals surface area (Å²) in [5, 5.41) is 2.78. The first kappa shape index (κ1) is 17.8. The van der Waals surface area contributed by atoms with E-state index < -0.39 is 0 Å². The van der Waals surface area contributed by atoms with Gasteiger partial charge in [0, 0.05) is 0 Å². The molecule has 0 radical (unpaired) electrons. The molecule has 0 aromatic heterocycles. The van der Waals surface area contributed by atoms with Gasteiger partial charge in [0.05, 0.1) is 25.3 Å². The topological polar surface area (TPSA) is 67.9 Å². The van der Waals surface area contributed by atoms with Crippen LogP contribution in [0.4, 0.5) is 5.69 Å². The van der Waals surface area contributed by atoms with E-state index in [4.69, 9.17) is 9.47 Å². The summed E-state index contributed by atoms with van der Waals surface area (Å²) in [6, 6.07) is 15.0. The van der Waals surface area contributed by atoms with Crippen molar-refractivity contribution in [2.24, 2.45) is 0 Å². The molecule has 6 nitrogen and oxygen atoms in total. The SMILES string of the molecule is Cc1ccc(OCCNC(=O)CN2C(=O)CCOc3ccccc32)cc1. The number of para-hydroxylation sites is 2. The molecule has 0 atom stereocenters. The molecule has 1 aliphatic heterocycles. The number of aryl methyl sites for hydroxylation is 1. The number of hydrogen-bond acceptors (Lipinski definition) is 4. The number of carbonyl (C=O) groups excluding carboxylic acids is 2. The number of carbonyl (C=O) groups is 2. The number of rotatable bonds is 6. The van der Waals surface area contributed by atoms with E-state index in [1.165, 1.54) is 4.90 Å². The molecule has 6 heteroatoms. The summed E-state index contributed by atoms with van der Waals surface area (Å²) in [5.74, 6) is 1.02. The van der Waals surface area contributed by atoms with Gasteiger partial charge in [-0.15, -0.1) is 0 Å². The lowest BCUT2D eigenvalue weighted by molar-refractivity contribution is -0.124. The predicted octanol–water partition coefficient (Wildman–Crippen LogP) is 2.31. The highest BCUT2D eigenvalue weighted by Crippen LogP contribution is 2.30. The number of anilines is 1. The normalized spacial score (nSPS) is 13.4. The van der Waals surface area contributed by atoms with Crippen molar-refractivity contribution in [2.75, 3.05) is 31.2 Å². The first-order valence-corrected chi connectivity index (χ1v) is 8.62. The van der Waals surface area contributed by atoms with E-state index in [1.807, 2.05) is 43.3 Å². The summed E-state index contributed by atoms with van der Waals surface area (Å²) < 4.78 is 11.2. The van der Waals surface area contributed by atoms with Crippen molar-refractivity contribution in [2.45, 2.75) is 13.3 Å². The molecule has 0 saturated carbocycles. The van der Waals surface area contributed by atoms with E-state index in [0.29, 0.717) is 31.2 Å². The first-order valence-electron chi connectivity index (χ1n) is 8.62. The second-order valence-electron chi connectivity index (χ2n) is 6.06. The molecule has 2 aromatic carbocycles. The van der Waals surface area contributed by atoms with Crippen LogP contribution in [0.2, 0.25) is 0 Å². The minimum absolute atomic E-state index is 0.0380. The van der Waals surface area contributed by atoms with Crippen molar-refractivity contribution in [1.82, 2.24) is 5.32 Å². The summed E-state index contributed by atoms with van der Waals surface area (Å²) in [6.45, 7) is 3.02. The van der Waals surface area contributed by atoms with E-state index >= 15 is 0 Å². The van der Waals surface area contributed by atoms with Gasteiger partial charge in [0.25, 0.3) is 0 Å². The van der Waals surface area contributed by atoms with E-state index in [1.54, 1.807) is 12.1 Å². The van der Waals surface area contributed by atoms with Gasteiger partial charge in [-0.1, -0.05) is 29.8 Å². The van der Waals surface area contributed by atoms with Crippen LogP contribution in [0.3, 0.4) is 0 Å². The fraction of sp³-hybridized carbons (Fsp3) is 0.300. The Kier molecular flexibility index (Phi) is 5.73. The van der Waals surface area contributed by atoms with Crippen LogP contribution in [0.1, 0.15) is 12.0 Å². The molecule has 26 heavy (non-hydrogen) atoms. The van der Waals surface area contributed by atoms with Crippen LogP contribution in [0.25, 0.3) is 0 Å². The Balaban J connectivity index is 1.51. The van der Waals surface area contributed by atoms with Crippen LogP contribution in [0, 0.1) is 6.92 Å². The van der Waals surface area contributed by atoms with Gasteiger partial charge in [-0.05, 0) is 31.2 Å². The van der Waals surface area contributed by atoms with E-state index in [2.05, 4.69) is 5.32 Å². The van der Waals surface area contributed by atoms with Gasteiger partial charge in [0.1, 0.15) is 24.7 Å². The van der Waals surface area contributed by atoms with Crippen LogP contribution in [0.5, 0.6) is 11.5 Å². The number of hydrogen-bond donors (Lipinski definition) is 1. The number of amides is 2. The molecule has 3 rings (SSSR count). The third-order valence-corrected chi connectivity index (χ3v) is 4.05. The number of ether oxygens (including phenoxy) is 2. The summed E-state index contributed by atoms with van der Waals surface area (Å²) in [5.41, 5.74) is 1.79. The van der Waals surface area contributed by atoms with Crippen LogP contribution in [0.15, 0.2) is 48.5 Å². The van der Waals surface area contributed by atoms with Gasteiger partial charge in [0.15, 0.2) is 0 Å². The summed E-state index contributed by atoms with van der Waals surface area (Å²) in [7, 11) is 0. The Hall–Kier alpha value is -3.02. The standard InChI is InChI=1S/C20H22N2O4/c1-15-6-8-16(9-7-15)25-13-11-21-19(23)14-22-17-4-2-3-5-18(17)26-12-10-20(22)24/h2-9H,10-14H2,1H3,(H,21,23). The van der Waals surface area contributed by atoms with Crippen molar-refractivity contribution >= 4 is 17.5 Å². The average Bonchev–Trinajstić information content (AvgIpc) is 2.80. The van der Waals surface area contributed by atoms with Crippen LogP contribution in [-0.2, 0) is 9.59 Å². The monoisotopic (exact) mass is 354 g/mol. The van der Waals surface area contributed by atoms with Gasteiger partial charge >= 0.3 is 0 Å². The maximum atomic E-state index is 12.3. The lowest BCUT2D eigenvalue weighted by Crippen LogP contribution is -2.41. The minimum Gasteiger partial charge on any atom is -0.492 e. The van der Waals surface area contributed by atoms with Crippen molar-refractivity contribution in [3.8, 4) is 11.5 Å². The zero-order valence-electron chi connectivity index (χ0n) is 14.7. The molecule has 0 fully saturated rings. The molecule has 0 spiro atoms. The van der Waals surface area contributed by atoms with Crippen LogP contribution >= 0.6 is 0 Å². The summed E-state index contributed by atoms with van der Waals surface area (Å²) >= 11 is 0. The highest BCUT2D eigenvalue weighted by atomic mass is 16.5. The van der Waals surface area contributed by atoms with Gasteiger partial charge < -0.3 is 14.8 Å². The van der Waals surface area contributed by atoms with E-state index in [9.17, 15) is 9.59 Å². The average molecular weight is 354 g/mol. The quantitative estimate of drug-likeness (QED) is 0.809. The first-order chi connectivity index (χ1) is 12.6.